The van der Waals surface area contributed by atoms with Crippen molar-refractivity contribution in [3.63, 3.8) is 0 Å². The van der Waals surface area contributed by atoms with Crippen LogP contribution < -0.4 is 15.1 Å². The maximum atomic E-state index is 13.5. The van der Waals surface area contributed by atoms with E-state index in [1.165, 1.54) is 13.1 Å². The number of alkyl halides is 3. The van der Waals surface area contributed by atoms with Crippen LogP contribution in [-0.2, 0) is 22.2 Å². The summed E-state index contributed by atoms with van der Waals surface area (Å²) < 4.78 is 40.2. The Labute approximate surface area is 187 Å². The van der Waals surface area contributed by atoms with Gasteiger partial charge in [0.1, 0.15) is 0 Å². The summed E-state index contributed by atoms with van der Waals surface area (Å²) in [5.41, 5.74) is -0.815. The van der Waals surface area contributed by atoms with Gasteiger partial charge in [0.15, 0.2) is 5.41 Å². The number of para-hydroxylation sites is 1. The quantitative estimate of drug-likeness (QED) is 0.666. The maximum Gasteiger partial charge on any atom is 0.416 e. The van der Waals surface area contributed by atoms with Crippen LogP contribution in [0.25, 0.3) is 0 Å². The van der Waals surface area contributed by atoms with Crippen LogP contribution in [0.4, 0.5) is 29.3 Å². The van der Waals surface area contributed by atoms with E-state index in [0.29, 0.717) is 25.3 Å². The number of carbonyl (C=O) groups is 3. The molecule has 2 aromatic carbocycles. The summed E-state index contributed by atoms with van der Waals surface area (Å²) in [6.07, 6.45) is -4.78. The van der Waals surface area contributed by atoms with Crippen molar-refractivity contribution in [3.05, 3.63) is 59.7 Å². The molecule has 3 heterocycles. The van der Waals surface area contributed by atoms with Gasteiger partial charge in [-0.1, -0.05) is 18.2 Å². The number of imide groups is 2. The normalized spacial score (nSPS) is 25.2. The first-order valence-corrected chi connectivity index (χ1v) is 10.5. The van der Waals surface area contributed by atoms with Crippen LogP contribution in [0.15, 0.2) is 48.5 Å². The van der Waals surface area contributed by atoms with Gasteiger partial charge in [-0.2, -0.15) is 13.2 Å². The van der Waals surface area contributed by atoms with Crippen molar-refractivity contribution in [1.82, 2.24) is 10.2 Å². The maximum absolute atomic E-state index is 13.5. The highest BCUT2D eigenvalue weighted by atomic mass is 19.4. The van der Waals surface area contributed by atoms with E-state index >= 15 is 0 Å². The number of rotatable bonds is 1. The van der Waals surface area contributed by atoms with E-state index in [-0.39, 0.29) is 12.0 Å². The molecule has 172 valence electrons. The van der Waals surface area contributed by atoms with Crippen LogP contribution in [0.2, 0.25) is 0 Å². The third-order valence-corrected chi connectivity index (χ3v) is 6.87. The number of halogens is 3. The predicted octanol–water partition coefficient (Wildman–Crippen LogP) is 2.65. The largest absolute Gasteiger partial charge is 0.416 e. The van der Waals surface area contributed by atoms with Crippen molar-refractivity contribution in [2.24, 2.45) is 5.41 Å². The molecule has 4 amide bonds. The highest BCUT2D eigenvalue weighted by Crippen LogP contribution is 2.47. The molecule has 0 radical (unpaired) electrons. The second-order valence-electron chi connectivity index (χ2n) is 8.60. The molecule has 0 unspecified atom stereocenters. The Morgan fingerprint density at radius 3 is 2.45 bits per heavy atom. The lowest BCUT2D eigenvalue weighted by Gasteiger charge is -2.55. The van der Waals surface area contributed by atoms with Gasteiger partial charge in [0.2, 0.25) is 11.8 Å². The fourth-order valence-electron chi connectivity index (χ4n) is 5.20. The second kappa shape index (κ2) is 7.23. The van der Waals surface area contributed by atoms with Gasteiger partial charge >= 0.3 is 12.2 Å². The number of barbiturate groups is 1. The average molecular weight is 458 g/mol. The molecule has 2 saturated heterocycles. The summed E-state index contributed by atoms with van der Waals surface area (Å²) in [7, 11) is 1.27. The molecular weight excluding hydrogens is 437 g/mol. The first kappa shape index (κ1) is 21.3. The molecule has 5 rings (SSSR count). The average Bonchev–Trinajstić information content (AvgIpc) is 2.80. The van der Waals surface area contributed by atoms with Crippen LogP contribution >= 0.6 is 0 Å². The molecule has 2 atom stereocenters. The molecule has 7 nitrogen and oxygen atoms in total. The van der Waals surface area contributed by atoms with Gasteiger partial charge in [0.25, 0.3) is 0 Å². The molecule has 0 aromatic heterocycles. The first-order chi connectivity index (χ1) is 15.6. The van der Waals surface area contributed by atoms with Crippen LogP contribution in [-0.4, -0.2) is 55.5 Å². The predicted molar refractivity (Wildman–Crippen MR) is 114 cm³/mol. The number of hydrogen-bond donors (Lipinski definition) is 1. The number of urea groups is 1. The van der Waals surface area contributed by atoms with E-state index < -0.39 is 41.0 Å². The molecule has 0 saturated carbocycles. The Morgan fingerprint density at radius 1 is 1.03 bits per heavy atom. The smallest absolute Gasteiger partial charge is 0.368 e. The molecule has 0 bridgehead atoms. The minimum absolute atomic E-state index is 0.224. The lowest BCUT2D eigenvalue weighted by molar-refractivity contribution is -0.152. The van der Waals surface area contributed by atoms with Crippen molar-refractivity contribution in [3.8, 4) is 0 Å². The Kier molecular flexibility index (Phi) is 4.66. The van der Waals surface area contributed by atoms with E-state index in [9.17, 15) is 27.6 Å². The highest BCUT2D eigenvalue weighted by Gasteiger charge is 2.62. The summed E-state index contributed by atoms with van der Waals surface area (Å²) in [6, 6.07) is 11.4. The lowest BCUT2D eigenvalue weighted by Crippen LogP contribution is -2.74. The van der Waals surface area contributed by atoms with Crippen molar-refractivity contribution < 1.29 is 27.6 Å². The number of nitrogens with one attached hydrogen (secondary N) is 1. The first-order valence-electron chi connectivity index (χ1n) is 10.5. The van der Waals surface area contributed by atoms with Crippen LogP contribution in [0.1, 0.15) is 11.1 Å². The molecule has 2 fully saturated rings. The van der Waals surface area contributed by atoms with Crippen molar-refractivity contribution in [2.45, 2.75) is 18.6 Å². The highest BCUT2D eigenvalue weighted by molar-refractivity contribution is 6.20. The van der Waals surface area contributed by atoms with Gasteiger partial charge in [-0.15, -0.1) is 0 Å². The number of fused-ring (bicyclic) bond motifs is 4. The zero-order chi connectivity index (χ0) is 23.5. The van der Waals surface area contributed by atoms with Crippen molar-refractivity contribution >= 4 is 29.2 Å². The summed E-state index contributed by atoms with van der Waals surface area (Å²) in [5.74, 6) is -1.48. The summed E-state index contributed by atoms with van der Waals surface area (Å²) in [4.78, 5) is 43.6. The molecule has 2 aromatic rings. The Balaban J connectivity index is 1.65. The van der Waals surface area contributed by atoms with Gasteiger partial charge in [-0.05, 0) is 42.3 Å². The summed E-state index contributed by atoms with van der Waals surface area (Å²) in [6.45, 7) is 1.26. The molecule has 0 aliphatic carbocycles. The minimum atomic E-state index is -4.56. The third kappa shape index (κ3) is 3.15. The van der Waals surface area contributed by atoms with Crippen molar-refractivity contribution in [2.75, 3.05) is 36.5 Å². The topological polar surface area (TPSA) is 73.0 Å². The van der Waals surface area contributed by atoms with Gasteiger partial charge in [0, 0.05) is 38.1 Å². The van der Waals surface area contributed by atoms with Crippen LogP contribution in [0, 0.1) is 5.41 Å². The number of piperazine rings is 1. The summed E-state index contributed by atoms with van der Waals surface area (Å²) >= 11 is 0. The lowest BCUT2D eigenvalue weighted by atomic mass is 9.67. The number of benzene rings is 2. The number of nitrogens with zero attached hydrogens (tertiary/aromatic N) is 3. The fourth-order valence-corrected chi connectivity index (χ4v) is 5.20. The Hall–Kier alpha value is -3.56. The van der Waals surface area contributed by atoms with Gasteiger partial charge in [-0.25, -0.2) is 4.79 Å². The van der Waals surface area contributed by atoms with E-state index in [0.717, 1.165) is 22.7 Å². The van der Waals surface area contributed by atoms with Gasteiger partial charge in [0.05, 0.1) is 11.6 Å². The number of carbonyl (C=O) groups excluding carboxylic acids is 3. The number of anilines is 2. The van der Waals surface area contributed by atoms with Crippen LogP contribution in [0.5, 0.6) is 0 Å². The molecule has 1 N–H and O–H groups in total. The monoisotopic (exact) mass is 458 g/mol. The Morgan fingerprint density at radius 2 is 1.76 bits per heavy atom. The Bertz CT molecular complexity index is 1150. The molecular formula is C23H21F3N4O3. The molecule has 3 aliphatic rings. The fraction of sp³-hybridized carbons (Fsp3) is 0.348. The number of hydrogen-bond acceptors (Lipinski definition) is 5. The van der Waals surface area contributed by atoms with E-state index in [4.69, 9.17) is 0 Å². The third-order valence-electron chi connectivity index (χ3n) is 6.87. The SMILES string of the molecule is CN1C(=O)NC(=O)[C@]2(Cc3cc(C(F)(F)F)ccc3N3CCN(c4ccccc4)C[C@H]32)C1=O. The van der Waals surface area contributed by atoms with E-state index in [1.807, 2.05) is 35.2 Å². The molecule has 1 spiro atoms. The standard InChI is InChI=1S/C23H21F3N4O3/c1-28-20(32)22(19(31)27-21(28)33)12-14-11-15(23(24,25)26)7-8-17(14)30-10-9-29(13-18(22)30)16-5-3-2-4-6-16/h2-8,11,18H,9-10,12-13H2,1H3,(H,27,31,33)/t18-,22+/m0/s1. The van der Waals surface area contributed by atoms with Gasteiger partial charge < -0.3 is 9.80 Å². The minimum Gasteiger partial charge on any atom is -0.368 e. The summed E-state index contributed by atoms with van der Waals surface area (Å²) in [5, 5.41) is 2.24. The second-order valence-corrected chi connectivity index (χ2v) is 8.60. The van der Waals surface area contributed by atoms with Gasteiger partial charge in [-0.3, -0.25) is 19.8 Å². The molecule has 10 heteroatoms. The van der Waals surface area contributed by atoms with E-state index in [2.05, 4.69) is 10.2 Å². The van der Waals surface area contributed by atoms with Crippen molar-refractivity contribution in [1.29, 1.82) is 0 Å². The molecule has 33 heavy (non-hydrogen) atoms. The number of amides is 4. The zero-order valence-corrected chi connectivity index (χ0v) is 17.7. The van der Waals surface area contributed by atoms with E-state index in [1.54, 1.807) is 0 Å². The molecule has 3 aliphatic heterocycles. The zero-order valence-electron chi connectivity index (χ0n) is 17.7. The van der Waals surface area contributed by atoms with Crippen LogP contribution in [0.3, 0.4) is 0 Å².